The average molecular weight is 391 g/mol. The van der Waals surface area contributed by atoms with E-state index < -0.39 is 0 Å². The Morgan fingerprint density at radius 1 is 1.07 bits per heavy atom. The molecule has 29 heavy (non-hydrogen) atoms. The normalized spacial score (nSPS) is 13.4. The number of para-hydroxylation sites is 1. The van der Waals surface area contributed by atoms with E-state index in [0.717, 1.165) is 17.1 Å². The van der Waals surface area contributed by atoms with Crippen LogP contribution in [0.5, 0.6) is 17.4 Å². The second-order valence-electron chi connectivity index (χ2n) is 6.49. The number of hydrogen-bond acceptors (Lipinski definition) is 6. The van der Waals surface area contributed by atoms with E-state index in [1.54, 1.807) is 12.0 Å². The zero-order chi connectivity index (χ0) is 20.1. The van der Waals surface area contributed by atoms with E-state index in [4.69, 9.17) is 14.2 Å². The fourth-order valence-corrected chi connectivity index (χ4v) is 3.00. The second-order valence-corrected chi connectivity index (χ2v) is 6.49. The van der Waals surface area contributed by atoms with Crippen molar-refractivity contribution >= 4 is 5.91 Å². The van der Waals surface area contributed by atoms with E-state index in [1.807, 2.05) is 54.6 Å². The Morgan fingerprint density at radius 2 is 1.83 bits per heavy atom. The quantitative estimate of drug-likeness (QED) is 0.641. The van der Waals surface area contributed by atoms with Gasteiger partial charge in [-0.15, -0.1) is 0 Å². The highest BCUT2D eigenvalue weighted by Gasteiger charge is 2.25. The molecule has 7 heteroatoms. The molecule has 3 aromatic rings. The van der Waals surface area contributed by atoms with Crippen LogP contribution in [0.3, 0.4) is 0 Å². The molecule has 4 rings (SSSR count). The molecule has 0 radical (unpaired) electrons. The summed E-state index contributed by atoms with van der Waals surface area (Å²) in [6.07, 6.45) is 1.53. The first-order valence-electron chi connectivity index (χ1n) is 9.36. The minimum atomic E-state index is -0.146. The first kappa shape index (κ1) is 18.9. The largest absolute Gasteiger partial charge is 0.475 e. The van der Waals surface area contributed by atoms with Crippen molar-refractivity contribution in [3.05, 3.63) is 66.4 Å². The Morgan fingerprint density at radius 3 is 2.59 bits per heavy atom. The van der Waals surface area contributed by atoms with Crippen molar-refractivity contribution in [2.24, 2.45) is 0 Å². The fraction of sp³-hybridized carbons (Fsp3) is 0.227. The molecule has 1 aliphatic rings. The number of fused-ring (bicyclic) bond motifs is 1. The summed E-state index contributed by atoms with van der Waals surface area (Å²) in [5.74, 6) is 2.15. The SMILES string of the molecule is COCCN1CCOc2nc(-c3ccc(Oc4ccccc4)cc3)ncc2C1=O. The lowest BCUT2D eigenvalue weighted by atomic mass is 10.2. The van der Waals surface area contributed by atoms with Gasteiger partial charge in [0.15, 0.2) is 5.82 Å². The lowest BCUT2D eigenvalue weighted by Gasteiger charge is -2.18. The number of rotatable bonds is 6. The molecule has 0 saturated heterocycles. The fourth-order valence-electron chi connectivity index (χ4n) is 3.00. The maximum atomic E-state index is 12.7. The Kier molecular flexibility index (Phi) is 5.67. The van der Waals surface area contributed by atoms with Gasteiger partial charge < -0.3 is 19.1 Å². The molecule has 0 spiro atoms. The van der Waals surface area contributed by atoms with Crippen LogP contribution in [0.25, 0.3) is 11.4 Å². The van der Waals surface area contributed by atoms with Crippen LogP contribution in [0.4, 0.5) is 0 Å². The molecule has 0 fully saturated rings. The highest BCUT2D eigenvalue weighted by molar-refractivity contribution is 5.96. The summed E-state index contributed by atoms with van der Waals surface area (Å²) in [4.78, 5) is 23.2. The van der Waals surface area contributed by atoms with E-state index in [0.29, 0.717) is 43.6 Å². The Bertz CT molecular complexity index is 977. The summed E-state index contributed by atoms with van der Waals surface area (Å²) in [6.45, 7) is 1.84. The number of methoxy groups -OCH3 is 1. The van der Waals surface area contributed by atoms with Gasteiger partial charge in [0.1, 0.15) is 23.7 Å². The van der Waals surface area contributed by atoms with E-state index >= 15 is 0 Å². The highest BCUT2D eigenvalue weighted by Crippen LogP contribution is 2.27. The lowest BCUT2D eigenvalue weighted by molar-refractivity contribution is 0.0693. The summed E-state index contributed by atoms with van der Waals surface area (Å²) in [5.41, 5.74) is 1.18. The average Bonchev–Trinajstić information content (AvgIpc) is 2.92. The van der Waals surface area contributed by atoms with Gasteiger partial charge in [0, 0.05) is 25.4 Å². The summed E-state index contributed by atoms with van der Waals surface area (Å²) in [5, 5.41) is 0. The first-order valence-corrected chi connectivity index (χ1v) is 9.36. The van der Waals surface area contributed by atoms with Gasteiger partial charge in [-0.25, -0.2) is 4.98 Å². The molecule has 0 unspecified atom stereocenters. The zero-order valence-electron chi connectivity index (χ0n) is 16.1. The molecule has 2 heterocycles. The van der Waals surface area contributed by atoms with Gasteiger partial charge in [0.2, 0.25) is 5.88 Å². The van der Waals surface area contributed by atoms with Crippen LogP contribution >= 0.6 is 0 Å². The third-order valence-electron chi connectivity index (χ3n) is 4.53. The number of ether oxygens (including phenoxy) is 3. The molecule has 1 aliphatic heterocycles. The molecular formula is C22H21N3O4. The maximum Gasteiger partial charge on any atom is 0.261 e. The van der Waals surface area contributed by atoms with Crippen LogP contribution in [-0.4, -0.2) is 54.2 Å². The molecule has 0 aliphatic carbocycles. The van der Waals surface area contributed by atoms with Gasteiger partial charge in [-0.2, -0.15) is 4.98 Å². The molecule has 7 nitrogen and oxygen atoms in total. The number of carbonyl (C=O) groups is 1. The molecule has 148 valence electrons. The van der Waals surface area contributed by atoms with E-state index in [2.05, 4.69) is 9.97 Å². The minimum Gasteiger partial charge on any atom is -0.475 e. The number of nitrogens with zero attached hydrogens (tertiary/aromatic N) is 3. The molecule has 0 N–H and O–H groups in total. The number of hydrogen-bond donors (Lipinski definition) is 0. The van der Waals surface area contributed by atoms with Crippen molar-refractivity contribution in [2.75, 3.05) is 33.4 Å². The number of benzene rings is 2. The number of carbonyl (C=O) groups excluding carboxylic acids is 1. The van der Waals surface area contributed by atoms with Crippen molar-refractivity contribution in [1.29, 1.82) is 0 Å². The zero-order valence-corrected chi connectivity index (χ0v) is 16.1. The molecule has 0 saturated carbocycles. The highest BCUT2D eigenvalue weighted by atomic mass is 16.5. The topological polar surface area (TPSA) is 73.8 Å². The molecule has 0 bridgehead atoms. The Labute approximate surface area is 168 Å². The van der Waals surface area contributed by atoms with Crippen LogP contribution in [0.15, 0.2) is 60.8 Å². The third kappa shape index (κ3) is 4.35. The summed E-state index contributed by atoms with van der Waals surface area (Å²) in [7, 11) is 1.61. The Balaban J connectivity index is 1.53. The molecular weight excluding hydrogens is 370 g/mol. The number of amides is 1. The molecule has 1 amide bonds. The molecule has 1 aromatic heterocycles. The van der Waals surface area contributed by atoms with Crippen molar-refractivity contribution < 1.29 is 19.0 Å². The van der Waals surface area contributed by atoms with Crippen LogP contribution in [-0.2, 0) is 4.74 Å². The van der Waals surface area contributed by atoms with Crippen molar-refractivity contribution in [2.45, 2.75) is 0 Å². The minimum absolute atomic E-state index is 0.146. The molecule has 2 aromatic carbocycles. The van der Waals surface area contributed by atoms with Crippen molar-refractivity contribution in [3.8, 4) is 28.8 Å². The maximum absolute atomic E-state index is 12.7. The first-order chi connectivity index (χ1) is 14.2. The van der Waals surface area contributed by atoms with Gasteiger partial charge >= 0.3 is 0 Å². The van der Waals surface area contributed by atoms with Gasteiger partial charge in [-0.3, -0.25) is 4.79 Å². The summed E-state index contributed by atoms with van der Waals surface area (Å²) >= 11 is 0. The van der Waals surface area contributed by atoms with Gasteiger partial charge in [-0.1, -0.05) is 18.2 Å². The van der Waals surface area contributed by atoms with Gasteiger partial charge in [0.05, 0.1) is 13.2 Å². The van der Waals surface area contributed by atoms with Crippen LogP contribution < -0.4 is 9.47 Å². The smallest absolute Gasteiger partial charge is 0.261 e. The third-order valence-corrected chi connectivity index (χ3v) is 4.53. The monoisotopic (exact) mass is 391 g/mol. The van der Waals surface area contributed by atoms with Crippen molar-refractivity contribution in [3.63, 3.8) is 0 Å². The van der Waals surface area contributed by atoms with Crippen LogP contribution in [0, 0.1) is 0 Å². The van der Waals surface area contributed by atoms with Crippen LogP contribution in [0.1, 0.15) is 10.4 Å². The predicted octanol–water partition coefficient (Wildman–Crippen LogP) is 3.42. The van der Waals surface area contributed by atoms with Gasteiger partial charge in [0.25, 0.3) is 5.91 Å². The standard InChI is InChI=1S/C22H21N3O4/c1-27-13-11-25-12-14-28-21-19(22(25)26)15-23-20(24-21)16-7-9-18(10-8-16)29-17-5-3-2-4-6-17/h2-10,15H,11-14H2,1H3. The Hall–Kier alpha value is -3.45. The van der Waals surface area contributed by atoms with E-state index in [1.165, 1.54) is 6.20 Å². The van der Waals surface area contributed by atoms with E-state index in [-0.39, 0.29) is 5.91 Å². The van der Waals surface area contributed by atoms with Crippen molar-refractivity contribution in [1.82, 2.24) is 14.9 Å². The summed E-state index contributed by atoms with van der Waals surface area (Å²) < 4.78 is 16.6. The summed E-state index contributed by atoms with van der Waals surface area (Å²) in [6, 6.07) is 17.0. The second kappa shape index (κ2) is 8.70. The van der Waals surface area contributed by atoms with Gasteiger partial charge in [-0.05, 0) is 36.4 Å². The predicted molar refractivity (Wildman–Crippen MR) is 107 cm³/mol. The van der Waals surface area contributed by atoms with E-state index in [9.17, 15) is 4.79 Å². The number of aromatic nitrogens is 2. The lowest BCUT2D eigenvalue weighted by Crippen LogP contribution is -2.35. The molecule has 0 atom stereocenters. The van der Waals surface area contributed by atoms with Crippen LogP contribution in [0.2, 0.25) is 0 Å².